The van der Waals surface area contributed by atoms with Crippen molar-refractivity contribution in [2.24, 2.45) is 5.41 Å². The summed E-state index contributed by atoms with van der Waals surface area (Å²) in [4.78, 5) is 19.1. The molecule has 1 aromatic rings. The number of aliphatic carboxylic acids is 1. The first-order valence-corrected chi connectivity index (χ1v) is 6.91. The number of carbonyl (C=O) groups is 1. The molecule has 0 saturated heterocycles. The molecular weight excluding hydrogens is 266 g/mol. The Balaban J connectivity index is 2.01. The summed E-state index contributed by atoms with van der Waals surface area (Å²) in [5, 5.41) is 12.6. The van der Waals surface area contributed by atoms with Crippen LogP contribution in [0, 0.1) is 5.41 Å². The molecule has 0 atom stereocenters. The molecule has 2 N–H and O–H groups in total. The van der Waals surface area contributed by atoms with E-state index in [-0.39, 0.29) is 11.8 Å². The van der Waals surface area contributed by atoms with Crippen LogP contribution >= 0.6 is 11.6 Å². The van der Waals surface area contributed by atoms with Crippen LogP contribution < -0.4 is 5.32 Å². The highest BCUT2D eigenvalue weighted by atomic mass is 35.5. The highest BCUT2D eigenvalue weighted by molar-refractivity contribution is 6.29. The lowest BCUT2D eigenvalue weighted by atomic mass is 9.72. The Morgan fingerprint density at radius 1 is 1.37 bits per heavy atom. The second kappa shape index (κ2) is 6.19. The standard InChI is InChI=1S/C13H18ClN3O2/c14-10-7-15-8-11(17-10)16-9-13(6-12(18)19)4-2-1-3-5-13/h7-8H,1-6,9H2,(H,16,17)(H,18,19). The van der Waals surface area contributed by atoms with Crippen molar-refractivity contribution in [3.63, 3.8) is 0 Å². The minimum Gasteiger partial charge on any atom is -0.481 e. The zero-order chi connectivity index (χ0) is 13.7. The number of nitrogens with one attached hydrogen (secondary N) is 1. The molecule has 0 bridgehead atoms. The maximum absolute atomic E-state index is 11.1. The summed E-state index contributed by atoms with van der Waals surface area (Å²) < 4.78 is 0. The Hall–Kier alpha value is -1.36. The van der Waals surface area contributed by atoms with E-state index in [1.54, 1.807) is 6.20 Å². The van der Waals surface area contributed by atoms with Crippen LogP contribution in [0.2, 0.25) is 5.15 Å². The van der Waals surface area contributed by atoms with E-state index in [1.807, 2.05) is 0 Å². The van der Waals surface area contributed by atoms with Crippen LogP contribution in [0.1, 0.15) is 38.5 Å². The number of halogens is 1. The molecule has 1 aliphatic rings. The molecule has 0 spiro atoms. The third-order valence-electron chi connectivity index (χ3n) is 3.69. The number of hydrogen-bond acceptors (Lipinski definition) is 4. The smallest absolute Gasteiger partial charge is 0.303 e. The van der Waals surface area contributed by atoms with Gasteiger partial charge in [0.05, 0.1) is 18.8 Å². The molecule has 2 rings (SSSR count). The van der Waals surface area contributed by atoms with Crippen molar-refractivity contribution in [2.45, 2.75) is 38.5 Å². The van der Waals surface area contributed by atoms with Gasteiger partial charge >= 0.3 is 5.97 Å². The highest BCUT2D eigenvalue weighted by Gasteiger charge is 2.34. The Morgan fingerprint density at radius 2 is 2.11 bits per heavy atom. The number of aromatic nitrogens is 2. The lowest BCUT2D eigenvalue weighted by Crippen LogP contribution is -2.34. The van der Waals surface area contributed by atoms with Gasteiger partial charge in [0.1, 0.15) is 11.0 Å². The third kappa shape index (κ3) is 4.06. The van der Waals surface area contributed by atoms with Gasteiger partial charge in [0.25, 0.3) is 0 Å². The predicted molar refractivity (Wildman–Crippen MR) is 73.3 cm³/mol. The fourth-order valence-corrected chi connectivity index (χ4v) is 2.89. The van der Waals surface area contributed by atoms with Gasteiger partial charge in [0, 0.05) is 6.54 Å². The van der Waals surface area contributed by atoms with Gasteiger partial charge in [-0.05, 0) is 18.3 Å². The molecule has 1 aliphatic carbocycles. The van der Waals surface area contributed by atoms with Crippen molar-refractivity contribution in [3.8, 4) is 0 Å². The van der Waals surface area contributed by atoms with E-state index in [4.69, 9.17) is 16.7 Å². The molecule has 1 saturated carbocycles. The molecule has 1 fully saturated rings. The Labute approximate surface area is 117 Å². The maximum atomic E-state index is 11.1. The fraction of sp³-hybridized carbons (Fsp3) is 0.615. The Kier molecular flexibility index (Phi) is 4.58. The van der Waals surface area contributed by atoms with Crippen LogP contribution in [-0.4, -0.2) is 27.6 Å². The van der Waals surface area contributed by atoms with Crippen LogP contribution in [0.15, 0.2) is 12.4 Å². The molecule has 104 valence electrons. The molecule has 1 heterocycles. The molecule has 0 aliphatic heterocycles. The number of carboxylic acids is 1. The van der Waals surface area contributed by atoms with Gasteiger partial charge in [-0.2, -0.15) is 0 Å². The van der Waals surface area contributed by atoms with Gasteiger partial charge in [-0.1, -0.05) is 30.9 Å². The minimum atomic E-state index is -0.735. The van der Waals surface area contributed by atoms with Gasteiger partial charge in [-0.3, -0.25) is 9.78 Å². The van der Waals surface area contributed by atoms with E-state index in [0.717, 1.165) is 25.7 Å². The van der Waals surface area contributed by atoms with Gasteiger partial charge in [0.2, 0.25) is 0 Å². The maximum Gasteiger partial charge on any atom is 0.303 e. The summed E-state index contributed by atoms with van der Waals surface area (Å²) in [5.41, 5.74) is -0.173. The molecule has 19 heavy (non-hydrogen) atoms. The molecular formula is C13H18ClN3O2. The second-order valence-electron chi connectivity index (χ2n) is 5.21. The minimum absolute atomic E-state index is 0.173. The van der Waals surface area contributed by atoms with Crippen LogP contribution in [-0.2, 0) is 4.79 Å². The first-order chi connectivity index (χ1) is 9.10. The summed E-state index contributed by atoms with van der Waals surface area (Å²) in [6, 6.07) is 0. The first kappa shape index (κ1) is 14.1. The highest BCUT2D eigenvalue weighted by Crippen LogP contribution is 2.39. The second-order valence-corrected chi connectivity index (χ2v) is 5.60. The van der Waals surface area contributed by atoms with E-state index < -0.39 is 5.97 Å². The summed E-state index contributed by atoms with van der Waals surface area (Å²) in [6.45, 7) is 0.605. The van der Waals surface area contributed by atoms with E-state index >= 15 is 0 Å². The molecule has 0 amide bonds. The molecule has 0 aromatic carbocycles. The quantitative estimate of drug-likeness (QED) is 0.869. The van der Waals surface area contributed by atoms with Crippen molar-refractivity contribution >= 4 is 23.4 Å². The third-order valence-corrected chi connectivity index (χ3v) is 3.87. The zero-order valence-electron chi connectivity index (χ0n) is 10.7. The van der Waals surface area contributed by atoms with Crippen molar-refractivity contribution in [2.75, 3.05) is 11.9 Å². The summed E-state index contributed by atoms with van der Waals surface area (Å²) in [7, 11) is 0. The molecule has 5 nitrogen and oxygen atoms in total. The van der Waals surface area contributed by atoms with Crippen molar-refractivity contribution in [1.29, 1.82) is 0 Å². The number of nitrogens with zero attached hydrogens (tertiary/aromatic N) is 2. The van der Waals surface area contributed by atoms with Gasteiger partial charge < -0.3 is 10.4 Å². The monoisotopic (exact) mass is 283 g/mol. The van der Waals surface area contributed by atoms with E-state index in [1.165, 1.54) is 12.6 Å². The average Bonchev–Trinajstić information content (AvgIpc) is 2.37. The molecule has 0 unspecified atom stereocenters. The Bertz CT molecular complexity index is 447. The van der Waals surface area contributed by atoms with Gasteiger partial charge in [-0.25, -0.2) is 4.98 Å². The van der Waals surface area contributed by atoms with E-state index in [0.29, 0.717) is 17.5 Å². The SMILES string of the molecule is O=C(O)CC1(CNc2cncc(Cl)n2)CCCCC1. The molecule has 6 heteroatoms. The summed E-state index contributed by atoms with van der Waals surface area (Å²) >= 11 is 5.78. The number of carboxylic acid groups (broad SMARTS) is 1. The first-order valence-electron chi connectivity index (χ1n) is 6.53. The fourth-order valence-electron chi connectivity index (χ4n) is 2.74. The number of anilines is 1. The van der Waals surface area contributed by atoms with Gasteiger partial charge in [0.15, 0.2) is 0 Å². The normalized spacial score (nSPS) is 17.9. The molecule has 0 radical (unpaired) electrons. The van der Waals surface area contributed by atoms with Crippen LogP contribution in [0.4, 0.5) is 5.82 Å². The average molecular weight is 284 g/mol. The van der Waals surface area contributed by atoms with E-state index in [2.05, 4.69) is 15.3 Å². The van der Waals surface area contributed by atoms with E-state index in [9.17, 15) is 4.79 Å². The van der Waals surface area contributed by atoms with Crippen molar-refractivity contribution in [1.82, 2.24) is 9.97 Å². The largest absolute Gasteiger partial charge is 0.481 e. The summed E-state index contributed by atoms with van der Waals surface area (Å²) in [5.74, 6) is -0.135. The van der Waals surface area contributed by atoms with Crippen LogP contribution in [0.3, 0.4) is 0 Å². The van der Waals surface area contributed by atoms with Crippen molar-refractivity contribution < 1.29 is 9.90 Å². The number of hydrogen-bond donors (Lipinski definition) is 2. The Morgan fingerprint density at radius 3 is 2.74 bits per heavy atom. The van der Waals surface area contributed by atoms with Crippen molar-refractivity contribution in [3.05, 3.63) is 17.5 Å². The van der Waals surface area contributed by atoms with Crippen LogP contribution in [0.5, 0.6) is 0 Å². The zero-order valence-corrected chi connectivity index (χ0v) is 11.5. The lowest BCUT2D eigenvalue weighted by molar-refractivity contribution is -0.140. The molecule has 1 aromatic heterocycles. The number of rotatable bonds is 5. The predicted octanol–water partition coefficient (Wildman–Crippen LogP) is 2.97. The lowest BCUT2D eigenvalue weighted by Gasteiger charge is -2.36. The van der Waals surface area contributed by atoms with Gasteiger partial charge in [-0.15, -0.1) is 0 Å². The topological polar surface area (TPSA) is 75.1 Å². The van der Waals surface area contributed by atoms with Crippen LogP contribution in [0.25, 0.3) is 0 Å². The summed E-state index contributed by atoms with van der Waals surface area (Å²) in [6.07, 6.45) is 8.54.